The number of imidazole rings is 1. The van der Waals surface area contributed by atoms with E-state index in [2.05, 4.69) is 9.97 Å². The predicted molar refractivity (Wildman–Crippen MR) is 80.3 cm³/mol. The van der Waals surface area contributed by atoms with Crippen molar-refractivity contribution in [3.05, 3.63) is 59.4 Å². The zero-order valence-electron chi connectivity index (χ0n) is 10.8. The quantitative estimate of drug-likeness (QED) is 0.783. The highest BCUT2D eigenvalue weighted by molar-refractivity contribution is 6.30. The highest BCUT2D eigenvalue weighted by Gasteiger charge is 2.14. The van der Waals surface area contributed by atoms with Crippen LogP contribution in [0.25, 0.3) is 11.0 Å². The number of aromatic nitrogens is 2. The summed E-state index contributed by atoms with van der Waals surface area (Å²) in [5, 5.41) is 0.614. The maximum Gasteiger partial charge on any atom is 0.258 e. The zero-order valence-corrected chi connectivity index (χ0v) is 11.6. The molecule has 0 fully saturated rings. The Morgan fingerprint density at radius 1 is 1.20 bits per heavy atom. The summed E-state index contributed by atoms with van der Waals surface area (Å²) >= 11 is 5.83. The van der Waals surface area contributed by atoms with Crippen molar-refractivity contribution < 1.29 is 4.79 Å². The van der Waals surface area contributed by atoms with Gasteiger partial charge < -0.3 is 9.88 Å². The molecular formula is C15H12ClN3O. The molecule has 0 radical (unpaired) electrons. The lowest BCUT2D eigenvalue weighted by Crippen LogP contribution is -2.26. The number of amides is 1. The van der Waals surface area contributed by atoms with E-state index in [1.54, 1.807) is 42.5 Å². The number of H-pyrrole nitrogens is 1. The van der Waals surface area contributed by atoms with Gasteiger partial charge in [-0.25, -0.2) is 4.98 Å². The fourth-order valence-electron chi connectivity index (χ4n) is 2.04. The Balaban J connectivity index is 1.92. The predicted octanol–water partition coefficient (Wildman–Crippen LogP) is 3.49. The summed E-state index contributed by atoms with van der Waals surface area (Å²) in [5.74, 6) is -0.0828. The number of carbonyl (C=O) groups excluding carboxylic acids is 1. The molecule has 1 heterocycles. The molecule has 0 spiro atoms. The first-order valence-corrected chi connectivity index (χ1v) is 6.50. The van der Waals surface area contributed by atoms with E-state index in [0.29, 0.717) is 10.6 Å². The number of fused-ring (bicyclic) bond motifs is 1. The largest absolute Gasteiger partial charge is 0.345 e. The van der Waals surface area contributed by atoms with E-state index in [4.69, 9.17) is 11.6 Å². The van der Waals surface area contributed by atoms with E-state index in [1.165, 1.54) is 0 Å². The fraction of sp³-hybridized carbons (Fsp3) is 0.0667. The molecule has 0 aliphatic carbocycles. The van der Waals surface area contributed by atoms with Crippen LogP contribution in [0.15, 0.2) is 48.8 Å². The molecule has 4 nitrogen and oxygen atoms in total. The minimum atomic E-state index is -0.0828. The van der Waals surface area contributed by atoms with Crippen LogP contribution in [0.2, 0.25) is 5.02 Å². The van der Waals surface area contributed by atoms with Crippen LogP contribution < -0.4 is 4.90 Å². The van der Waals surface area contributed by atoms with Gasteiger partial charge in [0, 0.05) is 23.3 Å². The van der Waals surface area contributed by atoms with Gasteiger partial charge in [-0.2, -0.15) is 0 Å². The molecule has 0 aliphatic heterocycles. The van der Waals surface area contributed by atoms with Crippen molar-refractivity contribution in [1.29, 1.82) is 0 Å². The highest BCUT2D eigenvalue weighted by Crippen LogP contribution is 2.21. The van der Waals surface area contributed by atoms with E-state index < -0.39 is 0 Å². The number of halogens is 1. The van der Waals surface area contributed by atoms with Gasteiger partial charge in [0.2, 0.25) is 0 Å². The SMILES string of the molecule is CN(C(=O)c1ccc(Cl)cc1)c1ccc2nc[nH]c2c1. The van der Waals surface area contributed by atoms with Gasteiger partial charge in [0.05, 0.1) is 17.4 Å². The molecule has 0 unspecified atom stereocenters. The molecule has 3 aromatic rings. The second kappa shape index (κ2) is 4.98. The molecular weight excluding hydrogens is 274 g/mol. The van der Waals surface area contributed by atoms with Crippen molar-refractivity contribution in [3.8, 4) is 0 Å². The van der Waals surface area contributed by atoms with Gasteiger partial charge in [0.15, 0.2) is 0 Å². The van der Waals surface area contributed by atoms with E-state index in [-0.39, 0.29) is 5.91 Å². The molecule has 100 valence electrons. The fourth-order valence-corrected chi connectivity index (χ4v) is 2.16. The lowest BCUT2D eigenvalue weighted by atomic mass is 10.2. The molecule has 0 saturated heterocycles. The topological polar surface area (TPSA) is 49.0 Å². The maximum absolute atomic E-state index is 12.4. The Bertz CT molecular complexity index is 764. The second-order valence-electron chi connectivity index (χ2n) is 4.48. The van der Waals surface area contributed by atoms with Gasteiger partial charge in [-0.15, -0.1) is 0 Å². The van der Waals surface area contributed by atoms with Crippen LogP contribution in [0.1, 0.15) is 10.4 Å². The van der Waals surface area contributed by atoms with Gasteiger partial charge >= 0.3 is 0 Å². The second-order valence-corrected chi connectivity index (χ2v) is 4.91. The maximum atomic E-state index is 12.4. The van der Waals surface area contributed by atoms with Gasteiger partial charge in [-0.3, -0.25) is 4.79 Å². The minimum absolute atomic E-state index is 0.0828. The number of anilines is 1. The molecule has 1 N–H and O–H groups in total. The Morgan fingerprint density at radius 2 is 1.95 bits per heavy atom. The van der Waals surface area contributed by atoms with Gasteiger partial charge in [0.1, 0.15) is 0 Å². The number of nitrogens with zero attached hydrogens (tertiary/aromatic N) is 2. The van der Waals surface area contributed by atoms with Crippen LogP contribution in [0.3, 0.4) is 0 Å². The standard InChI is InChI=1S/C15H12ClN3O/c1-19(15(20)10-2-4-11(16)5-3-10)12-6-7-13-14(8-12)18-9-17-13/h2-9H,1H3,(H,17,18). The monoisotopic (exact) mass is 285 g/mol. The average molecular weight is 286 g/mol. The minimum Gasteiger partial charge on any atom is -0.345 e. The Hall–Kier alpha value is -2.33. The summed E-state index contributed by atoms with van der Waals surface area (Å²) in [6, 6.07) is 12.5. The molecule has 2 aromatic carbocycles. The molecule has 0 saturated carbocycles. The summed E-state index contributed by atoms with van der Waals surface area (Å²) in [5.41, 5.74) is 3.18. The number of benzene rings is 2. The van der Waals surface area contributed by atoms with Crippen LogP contribution in [-0.4, -0.2) is 22.9 Å². The number of hydrogen-bond donors (Lipinski definition) is 1. The summed E-state index contributed by atoms with van der Waals surface area (Å²) < 4.78 is 0. The average Bonchev–Trinajstić information content (AvgIpc) is 2.94. The van der Waals surface area contributed by atoms with Crippen molar-refractivity contribution >= 4 is 34.2 Å². The Morgan fingerprint density at radius 3 is 2.70 bits per heavy atom. The van der Waals surface area contributed by atoms with Crippen LogP contribution in [0, 0.1) is 0 Å². The number of hydrogen-bond acceptors (Lipinski definition) is 2. The van der Waals surface area contributed by atoms with Crippen molar-refractivity contribution in [2.24, 2.45) is 0 Å². The van der Waals surface area contributed by atoms with Gasteiger partial charge in [-0.1, -0.05) is 11.6 Å². The number of aromatic amines is 1. The molecule has 0 bridgehead atoms. The normalized spacial score (nSPS) is 10.7. The summed E-state index contributed by atoms with van der Waals surface area (Å²) in [7, 11) is 1.74. The molecule has 5 heteroatoms. The van der Waals surface area contributed by atoms with Crippen LogP contribution in [0.5, 0.6) is 0 Å². The van der Waals surface area contributed by atoms with E-state index in [1.807, 2.05) is 18.2 Å². The highest BCUT2D eigenvalue weighted by atomic mass is 35.5. The van der Waals surface area contributed by atoms with Crippen molar-refractivity contribution in [2.45, 2.75) is 0 Å². The van der Waals surface area contributed by atoms with Crippen LogP contribution in [0.4, 0.5) is 5.69 Å². The third kappa shape index (κ3) is 2.26. The van der Waals surface area contributed by atoms with Crippen molar-refractivity contribution in [2.75, 3.05) is 11.9 Å². The smallest absolute Gasteiger partial charge is 0.258 e. The number of rotatable bonds is 2. The lowest BCUT2D eigenvalue weighted by Gasteiger charge is -2.17. The van der Waals surface area contributed by atoms with Crippen LogP contribution in [-0.2, 0) is 0 Å². The Kier molecular flexibility index (Phi) is 3.16. The third-order valence-electron chi connectivity index (χ3n) is 3.19. The first kappa shape index (κ1) is 12.7. The molecule has 3 rings (SSSR count). The van der Waals surface area contributed by atoms with Gasteiger partial charge in [0.25, 0.3) is 5.91 Å². The summed E-state index contributed by atoms with van der Waals surface area (Å²) in [6.45, 7) is 0. The summed E-state index contributed by atoms with van der Waals surface area (Å²) in [6.07, 6.45) is 1.63. The molecule has 1 amide bonds. The molecule has 20 heavy (non-hydrogen) atoms. The first-order chi connectivity index (χ1) is 9.65. The van der Waals surface area contributed by atoms with E-state index in [0.717, 1.165) is 16.7 Å². The molecule has 0 aliphatic rings. The van der Waals surface area contributed by atoms with E-state index in [9.17, 15) is 4.79 Å². The number of nitrogens with one attached hydrogen (secondary N) is 1. The first-order valence-electron chi connectivity index (χ1n) is 6.12. The lowest BCUT2D eigenvalue weighted by molar-refractivity contribution is 0.0993. The van der Waals surface area contributed by atoms with Gasteiger partial charge in [-0.05, 0) is 42.5 Å². The van der Waals surface area contributed by atoms with Crippen molar-refractivity contribution in [1.82, 2.24) is 9.97 Å². The number of carbonyl (C=O) groups is 1. The third-order valence-corrected chi connectivity index (χ3v) is 3.44. The molecule has 0 atom stereocenters. The molecule has 1 aromatic heterocycles. The zero-order chi connectivity index (χ0) is 14.1. The van der Waals surface area contributed by atoms with Crippen LogP contribution >= 0.6 is 11.6 Å². The van der Waals surface area contributed by atoms with Crippen molar-refractivity contribution in [3.63, 3.8) is 0 Å². The van der Waals surface area contributed by atoms with E-state index >= 15 is 0 Å². The summed E-state index contributed by atoms with van der Waals surface area (Å²) in [4.78, 5) is 21.2. The Labute approximate surface area is 121 Å².